The van der Waals surface area contributed by atoms with Gasteiger partial charge in [0.15, 0.2) is 0 Å². The maximum Gasteiger partial charge on any atom is 0.239 e. The van der Waals surface area contributed by atoms with Crippen molar-refractivity contribution in [1.29, 1.82) is 0 Å². The van der Waals surface area contributed by atoms with Gasteiger partial charge in [0.1, 0.15) is 6.33 Å². The number of aromatic nitrogens is 3. The summed E-state index contributed by atoms with van der Waals surface area (Å²) < 4.78 is 1.86. The third kappa shape index (κ3) is 1.61. The predicted octanol–water partition coefficient (Wildman–Crippen LogP) is 1.30. The summed E-state index contributed by atoms with van der Waals surface area (Å²) in [5.41, 5.74) is 5.44. The summed E-state index contributed by atoms with van der Waals surface area (Å²) in [6.07, 6.45) is 7.40. The number of nitrogen functional groups attached to an aromatic ring is 1. The first-order valence-electron chi connectivity index (χ1n) is 5.48. The zero-order valence-corrected chi connectivity index (χ0v) is 8.26. The molecule has 1 heterocycles. The lowest BCUT2D eigenvalue weighted by Crippen LogP contribution is -2.01. The van der Waals surface area contributed by atoms with Crippen LogP contribution in [0.25, 0.3) is 0 Å². The highest BCUT2D eigenvalue weighted by molar-refractivity contribution is 5.09. The second-order valence-electron chi connectivity index (χ2n) is 4.65. The number of rotatable bonds is 4. The molecule has 2 N–H and O–H groups in total. The van der Waals surface area contributed by atoms with E-state index < -0.39 is 0 Å². The summed E-state index contributed by atoms with van der Waals surface area (Å²) in [5.74, 6) is 3.49. The smallest absolute Gasteiger partial charge is 0.239 e. The van der Waals surface area contributed by atoms with Gasteiger partial charge in [-0.3, -0.25) is 4.68 Å². The Morgan fingerprint density at radius 3 is 3.00 bits per heavy atom. The highest BCUT2D eigenvalue weighted by atomic mass is 15.3. The minimum atomic E-state index is 0.388. The Labute approximate surface area is 83.5 Å². The van der Waals surface area contributed by atoms with Crippen molar-refractivity contribution in [3.8, 4) is 0 Å². The third-order valence-electron chi connectivity index (χ3n) is 3.49. The number of nitrogens with two attached hydrogens (primary N) is 1. The molecule has 4 nitrogen and oxygen atoms in total. The summed E-state index contributed by atoms with van der Waals surface area (Å²) in [6, 6.07) is 0. The van der Waals surface area contributed by atoms with Crippen molar-refractivity contribution >= 4 is 5.95 Å². The van der Waals surface area contributed by atoms with Crippen molar-refractivity contribution in [1.82, 2.24) is 14.8 Å². The molecule has 1 aromatic heterocycles. The number of nitrogens with zero attached hydrogens (tertiary/aromatic N) is 3. The normalized spacial score (nSPS) is 30.6. The highest BCUT2D eigenvalue weighted by Crippen LogP contribution is 2.55. The molecule has 14 heavy (non-hydrogen) atoms. The van der Waals surface area contributed by atoms with E-state index in [0.717, 1.165) is 24.3 Å². The molecule has 0 spiro atoms. The van der Waals surface area contributed by atoms with Crippen LogP contribution in [-0.4, -0.2) is 14.8 Å². The lowest BCUT2D eigenvalue weighted by Gasteiger charge is -1.99. The Bertz CT molecular complexity index is 329. The fourth-order valence-corrected chi connectivity index (χ4v) is 2.42. The van der Waals surface area contributed by atoms with Crippen molar-refractivity contribution in [2.75, 3.05) is 5.73 Å². The quantitative estimate of drug-likeness (QED) is 0.782. The van der Waals surface area contributed by atoms with Crippen molar-refractivity contribution in [3.63, 3.8) is 0 Å². The first kappa shape index (κ1) is 8.26. The van der Waals surface area contributed by atoms with Crippen LogP contribution in [0.5, 0.6) is 0 Å². The van der Waals surface area contributed by atoms with Gasteiger partial charge >= 0.3 is 0 Å². The van der Waals surface area contributed by atoms with E-state index in [9.17, 15) is 0 Å². The molecule has 0 aromatic carbocycles. The average molecular weight is 192 g/mol. The van der Waals surface area contributed by atoms with Gasteiger partial charge in [0.05, 0.1) is 0 Å². The molecule has 0 bridgehead atoms. The van der Waals surface area contributed by atoms with Crippen LogP contribution in [0, 0.1) is 17.8 Å². The Morgan fingerprint density at radius 1 is 1.50 bits per heavy atom. The predicted molar refractivity (Wildman–Crippen MR) is 53.4 cm³/mol. The lowest BCUT2D eigenvalue weighted by molar-refractivity contribution is 0.509. The minimum absolute atomic E-state index is 0.388. The van der Waals surface area contributed by atoms with Gasteiger partial charge in [-0.15, -0.1) is 5.10 Å². The second-order valence-corrected chi connectivity index (χ2v) is 4.65. The van der Waals surface area contributed by atoms with Crippen LogP contribution in [0.1, 0.15) is 25.7 Å². The molecule has 0 saturated heterocycles. The zero-order valence-electron chi connectivity index (χ0n) is 8.26. The van der Waals surface area contributed by atoms with E-state index in [1.165, 1.54) is 25.7 Å². The largest absolute Gasteiger partial charge is 0.367 e. The van der Waals surface area contributed by atoms with Crippen LogP contribution >= 0.6 is 0 Å². The molecular formula is C10H16N4. The number of aryl methyl sites for hydroxylation is 1. The van der Waals surface area contributed by atoms with Gasteiger partial charge in [0, 0.05) is 6.54 Å². The monoisotopic (exact) mass is 192 g/mol. The van der Waals surface area contributed by atoms with Gasteiger partial charge in [0.25, 0.3) is 0 Å². The van der Waals surface area contributed by atoms with Gasteiger partial charge in [-0.05, 0) is 43.4 Å². The SMILES string of the molecule is Nc1ncn(CCC2CC2C2CC2)n1. The summed E-state index contributed by atoms with van der Waals surface area (Å²) >= 11 is 0. The topological polar surface area (TPSA) is 56.7 Å². The average Bonchev–Trinajstić information content (AvgIpc) is 3.03. The van der Waals surface area contributed by atoms with Gasteiger partial charge in [-0.1, -0.05) is 0 Å². The van der Waals surface area contributed by atoms with Crippen molar-refractivity contribution < 1.29 is 0 Å². The molecule has 1 aromatic rings. The molecule has 0 amide bonds. The summed E-state index contributed by atoms with van der Waals surface area (Å²) in [4.78, 5) is 3.91. The Hall–Kier alpha value is -1.06. The molecule has 2 saturated carbocycles. The van der Waals surface area contributed by atoms with E-state index in [1.54, 1.807) is 6.33 Å². The standard InChI is InChI=1S/C10H16N4/c11-10-12-6-14(13-10)4-3-8-5-9(8)7-1-2-7/h6-9H,1-5H2,(H2,11,13). The van der Waals surface area contributed by atoms with Crippen LogP contribution in [0.4, 0.5) is 5.95 Å². The van der Waals surface area contributed by atoms with E-state index in [0.29, 0.717) is 5.95 Å². The molecule has 2 atom stereocenters. The van der Waals surface area contributed by atoms with Crippen molar-refractivity contribution in [2.45, 2.75) is 32.2 Å². The van der Waals surface area contributed by atoms with Crippen LogP contribution in [-0.2, 0) is 6.54 Å². The zero-order chi connectivity index (χ0) is 9.54. The van der Waals surface area contributed by atoms with E-state index in [-0.39, 0.29) is 0 Å². The van der Waals surface area contributed by atoms with Crippen molar-refractivity contribution in [2.24, 2.45) is 17.8 Å². The number of hydrogen-bond donors (Lipinski definition) is 1. The second kappa shape index (κ2) is 2.97. The Kier molecular flexibility index (Phi) is 1.75. The molecule has 76 valence electrons. The van der Waals surface area contributed by atoms with Gasteiger partial charge < -0.3 is 5.73 Å². The van der Waals surface area contributed by atoms with E-state index in [4.69, 9.17) is 5.73 Å². The maximum absolute atomic E-state index is 5.44. The molecule has 0 aliphatic heterocycles. The maximum atomic E-state index is 5.44. The molecule has 4 heteroatoms. The molecule has 3 rings (SSSR count). The fourth-order valence-electron chi connectivity index (χ4n) is 2.42. The molecule has 0 radical (unpaired) electrons. The van der Waals surface area contributed by atoms with Crippen LogP contribution in [0.15, 0.2) is 6.33 Å². The van der Waals surface area contributed by atoms with Gasteiger partial charge in [0.2, 0.25) is 5.95 Å². The minimum Gasteiger partial charge on any atom is -0.367 e. The van der Waals surface area contributed by atoms with E-state index >= 15 is 0 Å². The summed E-state index contributed by atoms with van der Waals surface area (Å²) in [7, 11) is 0. The fraction of sp³-hybridized carbons (Fsp3) is 0.800. The van der Waals surface area contributed by atoms with Crippen LogP contribution in [0.2, 0.25) is 0 Å². The highest BCUT2D eigenvalue weighted by Gasteiger charge is 2.46. The molecule has 2 unspecified atom stereocenters. The molecule has 2 aliphatic rings. The van der Waals surface area contributed by atoms with E-state index in [1.807, 2.05) is 4.68 Å². The molecule has 2 aliphatic carbocycles. The van der Waals surface area contributed by atoms with E-state index in [2.05, 4.69) is 10.1 Å². The third-order valence-corrected chi connectivity index (χ3v) is 3.49. The number of hydrogen-bond acceptors (Lipinski definition) is 3. The van der Waals surface area contributed by atoms with Crippen LogP contribution < -0.4 is 5.73 Å². The Morgan fingerprint density at radius 2 is 2.36 bits per heavy atom. The Balaban J connectivity index is 1.46. The number of anilines is 1. The first-order chi connectivity index (χ1) is 6.83. The van der Waals surface area contributed by atoms with Gasteiger partial charge in [-0.2, -0.15) is 0 Å². The first-order valence-corrected chi connectivity index (χ1v) is 5.48. The summed E-state index contributed by atoms with van der Waals surface area (Å²) in [6.45, 7) is 0.984. The lowest BCUT2D eigenvalue weighted by atomic mass is 10.2. The summed E-state index contributed by atoms with van der Waals surface area (Å²) in [5, 5.41) is 4.08. The molecular weight excluding hydrogens is 176 g/mol. The van der Waals surface area contributed by atoms with Crippen LogP contribution in [0.3, 0.4) is 0 Å². The van der Waals surface area contributed by atoms with Crippen molar-refractivity contribution in [3.05, 3.63) is 6.33 Å². The molecule has 2 fully saturated rings. The van der Waals surface area contributed by atoms with Gasteiger partial charge in [-0.25, -0.2) is 4.98 Å².